The van der Waals surface area contributed by atoms with Crippen molar-refractivity contribution in [2.75, 3.05) is 33.2 Å². The minimum absolute atomic E-state index is 0.00394. The number of likely N-dealkylation sites (N-methyl/N-ethyl adjacent to an activating group) is 1. The standard InChI is InChI=1S/C17H24ClN3O2/c1-13(14-5-7-15(18)8-6-14)20(2)12-16(22)19-11-17(23)21-9-3-4-10-21/h5-8,13H,3-4,9-12H2,1-2H3,(H,19,22). The van der Waals surface area contributed by atoms with Gasteiger partial charge in [0, 0.05) is 24.2 Å². The number of halogens is 1. The van der Waals surface area contributed by atoms with E-state index in [0.717, 1.165) is 31.5 Å². The van der Waals surface area contributed by atoms with Crippen LogP contribution in [0.5, 0.6) is 0 Å². The van der Waals surface area contributed by atoms with Gasteiger partial charge in [-0.05, 0) is 44.5 Å². The van der Waals surface area contributed by atoms with Gasteiger partial charge in [-0.2, -0.15) is 0 Å². The normalized spacial score (nSPS) is 15.7. The van der Waals surface area contributed by atoms with Crippen molar-refractivity contribution in [3.63, 3.8) is 0 Å². The summed E-state index contributed by atoms with van der Waals surface area (Å²) in [6.07, 6.45) is 2.11. The lowest BCUT2D eigenvalue weighted by Crippen LogP contribution is -2.42. The van der Waals surface area contributed by atoms with Crippen LogP contribution < -0.4 is 5.32 Å². The van der Waals surface area contributed by atoms with Crippen molar-refractivity contribution in [1.82, 2.24) is 15.1 Å². The molecule has 5 nitrogen and oxygen atoms in total. The first-order chi connectivity index (χ1) is 11.0. The van der Waals surface area contributed by atoms with Crippen LogP contribution in [-0.4, -0.2) is 54.8 Å². The summed E-state index contributed by atoms with van der Waals surface area (Å²) >= 11 is 5.89. The highest BCUT2D eigenvalue weighted by Gasteiger charge is 2.19. The molecule has 23 heavy (non-hydrogen) atoms. The molecule has 1 atom stereocenters. The van der Waals surface area contributed by atoms with E-state index in [0.29, 0.717) is 5.02 Å². The van der Waals surface area contributed by atoms with E-state index in [1.54, 1.807) is 4.90 Å². The van der Waals surface area contributed by atoms with Crippen LogP contribution in [0.2, 0.25) is 5.02 Å². The quantitative estimate of drug-likeness (QED) is 0.864. The predicted molar refractivity (Wildman–Crippen MR) is 91.3 cm³/mol. The highest BCUT2D eigenvalue weighted by Crippen LogP contribution is 2.20. The lowest BCUT2D eigenvalue weighted by molar-refractivity contribution is -0.132. The average Bonchev–Trinajstić information content (AvgIpc) is 3.07. The van der Waals surface area contributed by atoms with Crippen LogP contribution in [0.15, 0.2) is 24.3 Å². The molecule has 0 aliphatic carbocycles. The summed E-state index contributed by atoms with van der Waals surface area (Å²) in [5.41, 5.74) is 1.10. The van der Waals surface area contributed by atoms with Crippen molar-refractivity contribution in [3.05, 3.63) is 34.9 Å². The van der Waals surface area contributed by atoms with Crippen LogP contribution in [0.1, 0.15) is 31.4 Å². The molecule has 0 aromatic heterocycles. The minimum Gasteiger partial charge on any atom is -0.346 e. The number of amides is 2. The summed E-state index contributed by atoms with van der Waals surface area (Å²) in [6.45, 7) is 3.98. The third kappa shape index (κ3) is 5.22. The fraction of sp³-hybridized carbons (Fsp3) is 0.529. The monoisotopic (exact) mass is 337 g/mol. The average molecular weight is 338 g/mol. The van der Waals surface area contributed by atoms with E-state index in [1.165, 1.54) is 0 Å². The molecule has 0 bridgehead atoms. The van der Waals surface area contributed by atoms with Crippen molar-refractivity contribution in [2.24, 2.45) is 0 Å². The maximum absolute atomic E-state index is 12.0. The summed E-state index contributed by atoms with van der Waals surface area (Å²) < 4.78 is 0. The maximum atomic E-state index is 12.0. The first-order valence-corrected chi connectivity index (χ1v) is 8.35. The van der Waals surface area contributed by atoms with Crippen molar-refractivity contribution in [2.45, 2.75) is 25.8 Å². The second-order valence-corrected chi connectivity index (χ2v) is 6.44. The Labute approximate surface area is 142 Å². The van der Waals surface area contributed by atoms with Crippen LogP contribution in [0.25, 0.3) is 0 Å². The number of nitrogens with one attached hydrogen (secondary N) is 1. The second kappa shape index (κ2) is 8.31. The van der Waals surface area contributed by atoms with Gasteiger partial charge in [0.05, 0.1) is 13.1 Å². The molecule has 1 aromatic rings. The summed E-state index contributed by atoms with van der Waals surface area (Å²) in [5.74, 6) is -0.134. The van der Waals surface area contributed by atoms with E-state index in [1.807, 2.05) is 43.1 Å². The van der Waals surface area contributed by atoms with Gasteiger partial charge in [0.1, 0.15) is 0 Å². The lowest BCUT2D eigenvalue weighted by Gasteiger charge is -2.24. The summed E-state index contributed by atoms with van der Waals surface area (Å²) in [6, 6.07) is 7.69. The molecule has 0 saturated carbocycles. The van der Waals surface area contributed by atoms with Gasteiger partial charge in [0.25, 0.3) is 0 Å². The van der Waals surface area contributed by atoms with Crippen LogP contribution in [-0.2, 0) is 9.59 Å². The zero-order chi connectivity index (χ0) is 16.8. The van der Waals surface area contributed by atoms with E-state index in [4.69, 9.17) is 11.6 Å². The van der Waals surface area contributed by atoms with Gasteiger partial charge in [-0.3, -0.25) is 14.5 Å². The lowest BCUT2D eigenvalue weighted by atomic mass is 10.1. The Morgan fingerprint density at radius 1 is 1.26 bits per heavy atom. The Balaban J connectivity index is 1.77. The molecule has 1 heterocycles. The molecule has 1 saturated heterocycles. The maximum Gasteiger partial charge on any atom is 0.241 e. The van der Waals surface area contributed by atoms with Crippen molar-refractivity contribution in [3.8, 4) is 0 Å². The fourth-order valence-corrected chi connectivity index (χ4v) is 2.79. The Bertz CT molecular complexity index is 541. The van der Waals surface area contributed by atoms with E-state index >= 15 is 0 Å². The predicted octanol–water partition coefficient (Wildman–Crippen LogP) is 2.07. The van der Waals surface area contributed by atoms with Gasteiger partial charge in [0.2, 0.25) is 11.8 Å². The number of hydrogen-bond acceptors (Lipinski definition) is 3. The highest BCUT2D eigenvalue weighted by atomic mass is 35.5. The van der Waals surface area contributed by atoms with Gasteiger partial charge in [-0.1, -0.05) is 23.7 Å². The number of carbonyl (C=O) groups excluding carboxylic acids is 2. The molecular formula is C17H24ClN3O2. The molecule has 1 aliphatic rings. The van der Waals surface area contributed by atoms with Gasteiger partial charge >= 0.3 is 0 Å². The van der Waals surface area contributed by atoms with E-state index in [9.17, 15) is 9.59 Å². The van der Waals surface area contributed by atoms with Crippen LogP contribution in [0.3, 0.4) is 0 Å². The van der Waals surface area contributed by atoms with E-state index in [2.05, 4.69) is 5.32 Å². The summed E-state index contributed by atoms with van der Waals surface area (Å²) in [7, 11) is 1.89. The molecule has 1 N–H and O–H groups in total. The molecule has 1 fully saturated rings. The third-order valence-corrected chi connectivity index (χ3v) is 4.55. The molecule has 1 aliphatic heterocycles. The molecule has 1 aromatic carbocycles. The van der Waals surface area contributed by atoms with Crippen molar-refractivity contribution in [1.29, 1.82) is 0 Å². The number of benzene rings is 1. The molecule has 0 spiro atoms. The van der Waals surface area contributed by atoms with Crippen LogP contribution >= 0.6 is 11.6 Å². The zero-order valence-electron chi connectivity index (χ0n) is 13.7. The first kappa shape index (κ1) is 17.8. The third-order valence-electron chi connectivity index (χ3n) is 4.30. The number of nitrogens with zero attached hydrogens (tertiary/aromatic N) is 2. The van der Waals surface area contributed by atoms with Crippen molar-refractivity contribution < 1.29 is 9.59 Å². The Morgan fingerprint density at radius 2 is 1.87 bits per heavy atom. The molecular weight excluding hydrogens is 314 g/mol. The summed E-state index contributed by atoms with van der Waals surface area (Å²) in [5, 5.41) is 3.41. The number of likely N-dealkylation sites (tertiary alicyclic amines) is 1. The molecule has 6 heteroatoms. The SMILES string of the molecule is CC(c1ccc(Cl)cc1)N(C)CC(=O)NCC(=O)N1CCCC1. The minimum atomic E-state index is -0.138. The number of rotatable bonds is 6. The molecule has 0 radical (unpaired) electrons. The molecule has 1 unspecified atom stereocenters. The molecule has 126 valence electrons. The van der Waals surface area contributed by atoms with Gasteiger partial charge in [-0.15, -0.1) is 0 Å². The molecule has 2 rings (SSSR count). The Morgan fingerprint density at radius 3 is 2.48 bits per heavy atom. The summed E-state index contributed by atoms with van der Waals surface area (Å²) in [4.78, 5) is 27.7. The van der Waals surface area contributed by atoms with Crippen LogP contribution in [0, 0.1) is 0 Å². The molecule has 2 amide bonds. The van der Waals surface area contributed by atoms with Gasteiger partial charge in [-0.25, -0.2) is 0 Å². The fourth-order valence-electron chi connectivity index (χ4n) is 2.67. The largest absolute Gasteiger partial charge is 0.346 e. The number of carbonyl (C=O) groups is 2. The Hall–Kier alpha value is -1.59. The smallest absolute Gasteiger partial charge is 0.241 e. The van der Waals surface area contributed by atoms with E-state index in [-0.39, 0.29) is 30.9 Å². The van der Waals surface area contributed by atoms with Gasteiger partial charge < -0.3 is 10.2 Å². The van der Waals surface area contributed by atoms with Crippen LogP contribution in [0.4, 0.5) is 0 Å². The Kier molecular flexibility index (Phi) is 6.42. The number of hydrogen-bond donors (Lipinski definition) is 1. The zero-order valence-corrected chi connectivity index (χ0v) is 14.5. The van der Waals surface area contributed by atoms with Crippen molar-refractivity contribution >= 4 is 23.4 Å². The second-order valence-electron chi connectivity index (χ2n) is 6.01. The topological polar surface area (TPSA) is 52.7 Å². The first-order valence-electron chi connectivity index (χ1n) is 7.97. The van der Waals surface area contributed by atoms with E-state index < -0.39 is 0 Å². The van der Waals surface area contributed by atoms with Gasteiger partial charge in [0.15, 0.2) is 0 Å². The highest BCUT2D eigenvalue weighted by molar-refractivity contribution is 6.30.